The lowest BCUT2D eigenvalue weighted by Crippen LogP contribution is -2.40. The fourth-order valence-corrected chi connectivity index (χ4v) is 4.84. The third kappa shape index (κ3) is 8.30. The van der Waals surface area contributed by atoms with Crippen LogP contribution in [0.4, 0.5) is 38.3 Å². The minimum Gasteiger partial charge on any atom is -0.444 e. The number of nitrogens with one attached hydrogen (secondary N) is 1. The first-order valence-corrected chi connectivity index (χ1v) is 14.6. The number of benzene rings is 2. The van der Waals surface area contributed by atoms with Gasteiger partial charge in [0.05, 0.1) is 36.5 Å². The summed E-state index contributed by atoms with van der Waals surface area (Å²) in [6.45, 7) is 9.37. The van der Waals surface area contributed by atoms with Crippen LogP contribution in [-0.2, 0) is 15.7 Å². The Kier molecular flexibility index (Phi) is 10.2. The molecule has 1 atom stereocenters. The van der Waals surface area contributed by atoms with Gasteiger partial charge in [-0.15, -0.1) is 0 Å². The van der Waals surface area contributed by atoms with Crippen LogP contribution in [0.15, 0.2) is 30.5 Å². The molecule has 1 aromatic heterocycles. The van der Waals surface area contributed by atoms with Gasteiger partial charge in [0, 0.05) is 57.1 Å². The van der Waals surface area contributed by atoms with E-state index < -0.39 is 47.0 Å². The lowest BCUT2D eigenvalue weighted by atomic mass is 10.0. The van der Waals surface area contributed by atoms with Crippen molar-refractivity contribution in [3.63, 3.8) is 0 Å². The fourth-order valence-electron chi connectivity index (χ4n) is 4.84. The molecule has 0 spiro atoms. The summed E-state index contributed by atoms with van der Waals surface area (Å²) in [6.07, 6.45) is -4.17. The van der Waals surface area contributed by atoms with Crippen molar-refractivity contribution >= 4 is 34.5 Å². The van der Waals surface area contributed by atoms with Crippen LogP contribution in [0.1, 0.15) is 55.2 Å². The number of halogens is 5. The minimum absolute atomic E-state index is 0.168. The lowest BCUT2D eigenvalue weighted by molar-refractivity contribution is -0.142. The molecule has 0 bridgehead atoms. The molecule has 1 fully saturated rings. The van der Waals surface area contributed by atoms with Gasteiger partial charge in [-0.05, 0) is 52.0 Å². The normalized spacial score (nSPS) is 14.6. The van der Waals surface area contributed by atoms with Gasteiger partial charge in [0.1, 0.15) is 28.6 Å². The van der Waals surface area contributed by atoms with E-state index in [-0.39, 0.29) is 24.3 Å². The molecular weight excluding hydrogens is 615 g/mol. The molecule has 10 nitrogen and oxygen atoms in total. The number of ether oxygens (including phenoxy) is 2. The number of carbonyl (C=O) groups excluding carboxylic acids is 2. The van der Waals surface area contributed by atoms with Crippen LogP contribution in [-0.4, -0.2) is 90.9 Å². The van der Waals surface area contributed by atoms with Gasteiger partial charge >= 0.3 is 12.3 Å². The maximum Gasteiger partial charge on any atom is 0.422 e. The van der Waals surface area contributed by atoms with Crippen LogP contribution in [0.3, 0.4) is 0 Å². The van der Waals surface area contributed by atoms with Gasteiger partial charge in [-0.1, -0.05) is 0 Å². The number of anilines is 2. The summed E-state index contributed by atoms with van der Waals surface area (Å²) in [5.74, 6) is -3.37. The van der Waals surface area contributed by atoms with E-state index in [1.165, 1.54) is 9.80 Å². The Labute approximate surface area is 263 Å². The number of hydrogen-bond donors (Lipinski definition) is 1. The summed E-state index contributed by atoms with van der Waals surface area (Å²) in [6, 6.07) is 3.47. The molecule has 0 radical (unpaired) electrons. The smallest absolute Gasteiger partial charge is 0.422 e. The summed E-state index contributed by atoms with van der Waals surface area (Å²) in [5, 5.41) is 2.84. The molecule has 1 aliphatic heterocycles. The molecule has 46 heavy (non-hydrogen) atoms. The Bertz CT molecular complexity index is 1570. The van der Waals surface area contributed by atoms with Crippen LogP contribution in [0, 0.1) is 11.6 Å². The third-order valence-electron chi connectivity index (χ3n) is 7.24. The Balaban J connectivity index is 1.66. The van der Waals surface area contributed by atoms with Crippen molar-refractivity contribution in [1.29, 1.82) is 0 Å². The first kappa shape index (κ1) is 34.6. The SMILES string of the molecule is CC(Nc1cc(F)c(C(F)(F)F)c(F)c1)c1cc(C(=O)N(C)CCN(C)C(=O)OC(C)(C)C)cc2ncc(N3CCOCC3)nc12. The van der Waals surface area contributed by atoms with Crippen molar-refractivity contribution in [3.8, 4) is 0 Å². The molecule has 2 heterocycles. The van der Waals surface area contributed by atoms with E-state index in [4.69, 9.17) is 14.5 Å². The van der Waals surface area contributed by atoms with Gasteiger partial charge in [-0.25, -0.2) is 18.6 Å². The molecule has 2 amide bonds. The van der Waals surface area contributed by atoms with E-state index in [9.17, 15) is 31.5 Å². The number of fused-ring (bicyclic) bond motifs is 1. The fraction of sp³-hybridized carbons (Fsp3) is 0.484. The monoisotopic (exact) mass is 652 g/mol. The summed E-state index contributed by atoms with van der Waals surface area (Å²) < 4.78 is 78.9. The van der Waals surface area contributed by atoms with Crippen molar-refractivity contribution in [2.45, 2.75) is 45.5 Å². The molecule has 2 aromatic carbocycles. The molecule has 15 heteroatoms. The summed E-state index contributed by atoms with van der Waals surface area (Å²) in [5.41, 5.74) is -1.51. The van der Waals surface area contributed by atoms with Gasteiger partial charge in [-0.2, -0.15) is 13.2 Å². The molecule has 1 N–H and O–H groups in total. The largest absolute Gasteiger partial charge is 0.444 e. The van der Waals surface area contributed by atoms with E-state index in [2.05, 4.69) is 10.3 Å². The number of morpholine rings is 1. The Hall–Kier alpha value is -4.27. The minimum atomic E-state index is -5.21. The van der Waals surface area contributed by atoms with Crippen LogP contribution in [0.25, 0.3) is 11.0 Å². The second-order valence-corrected chi connectivity index (χ2v) is 12.1. The lowest BCUT2D eigenvalue weighted by Gasteiger charge is -2.28. The quantitative estimate of drug-likeness (QED) is 0.302. The summed E-state index contributed by atoms with van der Waals surface area (Å²) in [7, 11) is 3.13. The van der Waals surface area contributed by atoms with Crippen molar-refractivity contribution in [2.24, 2.45) is 0 Å². The van der Waals surface area contributed by atoms with E-state index in [1.807, 2.05) is 4.90 Å². The topological polar surface area (TPSA) is 100 Å². The number of hydrogen-bond acceptors (Lipinski definition) is 8. The predicted molar refractivity (Wildman–Crippen MR) is 162 cm³/mol. The number of amides is 2. The average Bonchev–Trinajstić information content (AvgIpc) is 2.96. The number of nitrogens with zero attached hydrogens (tertiary/aromatic N) is 5. The first-order chi connectivity index (χ1) is 21.4. The third-order valence-corrected chi connectivity index (χ3v) is 7.24. The van der Waals surface area contributed by atoms with Crippen molar-refractivity contribution in [2.75, 3.05) is 63.7 Å². The van der Waals surface area contributed by atoms with Gasteiger partial charge in [0.25, 0.3) is 5.91 Å². The van der Waals surface area contributed by atoms with Crippen molar-refractivity contribution in [3.05, 3.63) is 58.8 Å². The Morgan fingerprint density at radius 1 is 1.02 bits per heavy atom. The van der Waals surface area contributed by atoms with E-state index in [1.54, 1.807) is 60.1 Å². The number of alkyl halides is 3. The number of carbonyl (C=O) groups is 2. The molecule has 1 aliphatic rings. The summed E-state index contributed by atoms with van der Waals surface area (Å²) in [4.78, 5) is 40.0. The van der Waals surface area contributed by atoms with Gasteiger partial charge in [-0.3, -0.25) is 9.78 Å². The second-order valence-electron chi connectivity index (χ2n) is 12.1. The maximum atomic E-state index is 14.4. The predicted octanol–water partition coefficient (Wildman–Crippen LogP) is 5.88. The molecule has 0 aliphatic carbocycles. The van der Waals surface area contributed by atoms with Crippen LogP contribution in [0.2, 0.25) is 0 Å². The highest BCUT2D eigenvalue weighted by Crippen LogP contribution is 2.36. The number of likely N-dealkylation sites (N-methyl/N-ethyl adjacent to an activating group) is 2. The number of aromatic nitrogens is 2. The highest BCUT2D eigenvalue weighted by molar-refractivity contribution is 5.98. The average molecular weight is 653 g/mol. The molecule has 250 valence electrons. The molecule has 4 rings (SSSR count). The highest BCUT2D eigenvalue weighted by atomic mass is 19.4. The maximum absolute atomic E-state index is 14.4. The standard InChI is InChI=1S/C31H37F5N6O4/c1-18(38-20-15-22(32)26(23(33)16-20)31(34,35)36)21-13-19(28(43)40(5)7-8-41(6)29(44)46-30(2,3)4)14-24-27(21)39-25(17-37-24)42-9-11-45-12-10-42/h13-18,38H,7-12H2,1-6H3. The molecular formula is C31H37F5N6O4. The first-order valence-electron chi connectivity index (χ1n) is 14.6. The van der Waals surface area contributed by atoms with E-state index in [0.717, 1.165) is 0 Å². The van der Waals surface area contributed by atoms with E-state index >= 15 is 0 Å². The number of rotatable bonds is 8. The summed E-state index contributed by atoms with van der Waals surface area (Å²) >= 11 is 0. The van der Waals surface area contributed by atoms with Crippen LogP contribution in [0.5, 0.6) is 0 Å². The Morgan fingerprint density at radius 2 is 1.63 bits per heavy atom. The van der Waals surface area contributed by atoms with Crippen LogP contribution < -0.4 is 10.2 Å². The van der Waals surface area contributed by atoms with Gasteiger partial charge in [0.2, 0.25) is 0 Å². The van der Waals surface area contributed by atoms with Crippen LogP contribution >= 0.6 is 0 Å². The molecule has 0 saturated carbocycles. The zero-order chi connectivity index (χ0) is 34.0. The molecule has 3 aromatic rings. The second kappa shape index (κ2) is 13.6. The Morgan fingerprint density at radius 3 is 2.22 bits per heavy atom. The molecule has 1 saturated heterocycles. The van der Waals surface area contributed by atoms with Gasteiger partial charge in [0.15, 0.2) is 0 Å². The highest BCUT2D eigenvalue weighted by Gasteiger charge is 2.38. The van der Waals surface area contributed by atoms with Crippen molar-refractivity contribution in [1.82, 2.24) is 19.8 Å². The zero-order valence-corrected chi connectivity index (χ0v) is 26.5. The molecule has 1 unspecified atom stereocenters. The van der Waals surface area contributed by atoms with Gasteiger partial charge < -0.3 is 29.5 Å². The van der Waals surface area contributed by atoms with E-state index in [0.29, 0.717) is 60.9 Å². The van der Waals surface area contributed by atoms with Crippen molar-refractivity contribution < 1.29 is 41.0 Å². The zero-order valence-electron chi connectivity index (χ0n) is 26.5.